The number of likely N-dealkylation sites (tertiary alicyclic amines) is 1. The molecule has 1 aliphatic heterocycles. The lowest BCUT2D eigenvalue weighted by molar-refractivity contribution is -0.128. The third kappa shape index (κ3) is 4.28. The molecule has 7 nitrogen and oxygen atoms in total. The number of pyridine rings is 1. The number of ether oxygens (including phenoxy) is 1. The summed E-state index contributed by atoms with van der Waals surface area (Å²) in [4.78, 5) is 42.0. The van der Waals surface area contributed by atoms with Gasteiger partial charge in [0.2, 0.25) is 11.8 Å². The Hall–Kier alpha value is -3.29. The number of amides is 2. The van der Waals surface area contributed by atoms with E-state index in [9.17, 15) is 18.8 Å². The van der Waals surface area contributed by atoms with Crippen molar-refractivity contribution in [1.82, 2.24) is 9.88 Å². The summed E-state index contributed by atoms with van der Waals surface area (Å²) in [5.41, 5.74) is 0.736. The number of hydrogen-bond acceptors (Lipinski definition) is 5. The normalized spacial score (nSPS) is 16.3. The van der Waals surface area contributed by atoms with E-state index in [1.54, 1.807) is 17.2 Å². The molecule has 1 atom stereocenters. The van der Waals surface area contributed by atoms with Gasteiger partial charge in [-0.25, -0.2) is 9.18 Å². The topological polar surface area (TPSA) is 88.6 Å². The molecule has 2 heterocycles. The molecule has 27 heavy (non-hydrogen) atoms. The third-order valence-electron chi connectivity index (χ3n) is 4.30. The molecule has 1 aromatic heterocycles. The molecule has 0 bridgehead atoms. The first kappa shape index (κ1) is 18.5. The molecule has 0 spiro atoms. The third-order valence-corrected chi connectivity index (χ3v) is 4.30. The molecule has 0 radical (unpaired) electrons. The molecule has 0 saturated carbocycles. The number of nitrogens with zero attached hydrogens (tertiary/aromatic N) is 2. The van der Waals surface area contributed by atoms with Crippen LogP contribution in [0.3, 0.4) is 0 Å². The molecule has 0 unspecified atom stereocenters. The van der Waals surface area contributed by atoms with Crippen molar-refractivity contribution in [2.24, 2.45) is 5.92 Å². The molecule has 8 heteroatoms. The minimum Gasteiger partial charge on any atom is -0.465 e. The number of carbonyl (C=O) groups is 3. The van der Waals surface area contributed by atoms with E-state index in [0.717, 1.165) is 18.9 Å². The van der Waals surface area contributed by atoms with E-state index in [1.165, 1.54) is 12.1 Å². The van der Waals surface area contributed by atoms with Crippen molar-refractivity contribution in [2.75, 3.05) is 19.0 Å². The lowest BCUT2D eigenvalue weighted by atomic mass is 10.1. The van der Waals surface area contributed by atoms with Crippen LogP contribution in [-0.4, -0.2) is 41.3 Å². The Bertz CT molecular complexity index is 873. The summed E-state index contributed by atoms with van der Waals surface area (Å²) in [5.74, 6) is -2.60. The Balaban J connectivity index is 1.65. The first-order chi connectivity index (χ1) is 13.0. The van der Waals surface area contributed by atoms with Crippen molar-refractivity contribution in [3.63, 3.8) is 0 Å². The Kier molecular flexibility index (Phi) is 5.44. The van der Waals surface area contributed by atoms with E-state index >= 15 is 0 Å². The van der Waals surface area contributed by atoms with E-state index in [1.807, 2.05) is 12.1 Å². The highest BCUT2D eigenvalue weighted by Crippen LogP contribution is 2.22. The molecule has 2 amide bonds. The van der Waals surface area contributed by atoms with Gasteiger partial charge in [-0.3, -0.25) is 14.6 Å². The molecular weight excluding hydrogens is 353 g/mol. The second kappa shape index (κ2) is 7.94. The van der Waals surface area contributed by atoms with Gasteiger partial charge in [0.1, 0.15) is 5.82 Å². The number of anilines is 1. The molecule has 0 aliphatic carbocycles. The van der Waals surface area contributed by atoms with Crippen LogP contribution >= 0.6 is 0 Å². The van der Waals surface area contributed by atoms with Crippen molar-refractivity contribution in [2.45, 2.75) is 13.0 Å². The number of rotatable bonds is 5. The number of aromatic nitrogens is 1. The predicted octanol–water partition coefficient (Wildman–Crippen LogP) is 1.99. The molecule has 1 aromatic carbocycles. The summed E-state index contributed by atoms with van der Waals surface area (Å²) in [5, 5.41) is 2.63. The molecule has 3 rings (SSSR count). The van der Waals surface area contributed by atoms with Gasteiger partial charge in [0.05, 0.1) is 30.8 Å². The van der Waals surface area contributed by atoms with Gasteiger partial charge in [-0.05, 0) is 30.3 Å². The standard InChI is InChI=1S/C19H18FN3O4/c1-27-19(26)15-9-13(5-6-16(15)20)22-18(25)12-8-17(24)23(10-12)11-14-4-2-3-7-21-14/h2-7,9,12H,8,10-11H2,1H3,(H,22,25)/t12-/m1/s1. The second-order valence-electron chi connectivity index (χ2n) is 6.17. The SMILES string of the molecule is COC(=O)c1cc(NC(=O)[C@@H]2CC(=O)N(Cc3ccccn3)C2)ccc1F. The summed E-state index contributed by atoms with van der Waals surface area (Å²) >= 11 is 0. The molecule has 2 aromatic rings. The zero-order valence-corrected chi connectivity index (χ0v) is 14.6. The smallest absolute Gasteiger partial charge is 0.340 e. The first-order valence-electron chi connectivity index (χ1n) is 8.34. The Morgan fingerprint density at radius 1 is 1.33 bits per heavy atom. The zero-order valence-electron chi connectivity index (χ0n) is 14.6. The average Bonchev–Trinajstić information content (AvgIpc) is 3.04. The number of carbonyl (C=O) groups excluding carboxylic acids is 3. The highest BCUT2D eigenvalue weighted by molar-refractivity contribution is 5.98. The molecule has 1 aliphatic rings. The molecule has 1 fully saturated rings. The Labute approximate surface area is 155 Å². The highest BCUT2D eigenvalue weighted by Gasteiger charge is 2.34. The minimum atomic E-state index is -0.832. The van der Waals surface area contributed by atoms with Gasteiger partial charge in [0.15, 0.2) is 0 Å². The minimum absolute atomic E-state index is 0.0870. The average molecular weight is 371 g/mol. The van der Waals surface area contributed by atoms with Crippen molar-refractivity contribution in [3.8, 4) is 0 Å². The van der Waals surface area contributed by atoms with Crippen molar-refractivity contribution >= 4 is 23.5 Å². The fraction of sp³-hybridized carbons (Fsp3) is 0.263. The van der Waals surface area contributed by atoms with Gasteiger partial charge in [-0.1, -0.05) is 6.07 Å². The Morgan fingerprint density at radius 3 is 2.85 bits per heavy atom. The van der Waals surface area contributed by atoms with Gasteiger partial charge < -0.3 is 15.0 Å². The highest BCUT2D eigenvalue weighted by atomic mass is 19.1. The monoisotopic (exact) mass is 371 g/mol. The van der Waals surface area contributed by atoms with Crippen molar-refractivity contribution in [1.29, 1.82) is 0 Å². The number of benzene rings is 1. The molecule has 1 saturated heterocycles. The molecule has 1 N–H and O–H groups in total. The fourth-order valence-electron chi connectivity index (χ4n) is 2.90. The van der Waals surface area contributed by atoms with Crippen LogP contribution in [0.25, 0.3) is 0 Å². The number of nitrogens with one attached hydrogen (secondary N) is 1. The van der Waals surface area contributed by atoms with E-state index < -0.39 is 17.7 Å². The van der Waals surface area contributed by atoms with E-state index in [2.05, 4.69) is 15.0 Å². The van der Waals surface area contributed by atoms with E-state index in [0.29, 0.717) is 6.54 Å². The van der Waals surface area contributed by atoms with Crippen LogP contribution in [0.4, 0.5) is 10.1 Å². The molecule has 140 valence electrons. The van der Waals surface area contributed by atoms with E-state index in [-0.39, 0.29) is 36.0 Å². The summed E-state index contributed by atoms with van der Waals surface area (Å²) in [6.07, 6.45) is 1.73. The van der Waals surface area contributed by atoms with E-state index in [4.69, 9.17) is 0 Å². The van der Waals surface area contributed by atoms with Crippen LogP contribution in [-0.2, 0) is 20.9 Å². The van der Waals surface area contributed by atoms with Crippen LogP contribution in [0.1, 0.15) is 22.5 Å². The first-order valence-corrected chi connectivity index (χ1v) is 8.34. The molecular formula is C19H18FN3O4. The summed E-state index contributed by atoms with van der Waals surface area (Å²) in [6, 6.07) is 9.07. The maximum atomic E-state index is 13.7. The maximum absolute atomic E-state index is 13.7. The van der Waals surface area contributed by atoms with Crippen LogP contribution in [0.2, 0.25) is 0 Å². The van der Waals surface area contributed by atoms with Crippen LogP contribution in [0.15, 0.2) is 42.6 Å². The van der Waals surface area contributed by atoms with Crippen LogP contribution in [0, 0.1) is 11.7 Å². The van der Waals surface area contributed by atoms with Gasteiger partial charge in [0.25, 0.3) is 0 Å². The number of halogens is 1. The van der Waals surface area contributed by atoms with Gasteiger partial charge >= 0.3 is 5.97 Å². The van der Waals surface area contributed by atoms with Gasteiger partial charge in [-0.15, -0.1) is 0 Å². The number of esters is 1. The van der Waals surface area contributed by atoms with Crippen LogP contribution in [0.5, 0.6) is 0 Å². The largest absolute Gasteiger partial charge is 0.465 e. The lowest BCUT2D eigenvalue weighted by Gasteiger charge is -2.16. The zero-order chi connectivity index (χ0) is 19.4. The summed E-state index contributed by atoms with van der Waals surface area (Å²) in [7, 11) is 1.15. The summed E-state index contributed by atoms with van der Waals surface area (Å²) < 4.78 is 18.2. The van der Waals surface area contributed by atoms with Crippen molar-refractivity contribution in [3.05, 3.63) is 59.7 Å². The van der Waals surface area contributed by atoms with Gasteiger partial charge in [0, 0.05) is 24.8 Å². The maximum Gasteiger partial charge on any atom is 0.340 e. The predicted molar refractivity (Wildman–Crippen MR) is 94.1 cm³/mol. The number of methoxy groups -OCH3 is 1. The Morgan fingerprint density at radius 2 is 2.15 bits per heavy atom. The number of hydrogen-bond donors (Lipinski definition) is 1. The van der Waals surface area contributed by atoms with Crippen molar-refractivity contribution < 1.29 is 23.5 Å². The quantitative estimate of drug-likeness (QED) is 0.812. The van der Waals surface area contributed by atoms with Crippen LogP contribution < -0.4 is 5.32 Å². The second-order valence-corrected chi connectivity index (χ2v) is 6.17. The fourth-order valence-corrected chi connectivity index (χ4v) is 2.90. The lowest BCUT2D eigenvalue weighted by Crippen LogP contribution is -2.28. The summed E-state index contributed by atoms with van der Waals surface area (Å²) in [6.45, 7) is 0.610. The van der Waals surface area contributed by atoms with Gasteiger partial charge in [-0.2, -0.15) is 0 Å².